The van der Waals surface area contributed by atoms with Gasteiger partial charge in [-0.15, -0.1) is 11.6 Å². The first-order chi connectivity index (χ1) is 9.86. The molecule has 0 atom stereocenters. The molecule has 1 aliphatic rings. The van der Waals surface area contributed by atoms with Gasteiger partial charge < -0.3 is 9.80 Å². The molecule has 4 heteroatoms. The first kappa shape index (κ1) is 13.7. The molecule has 2 heterocycles. The lowest BCUT2D eigenvalue weighted by molar-refractivity contribution is 0.311. The zero-order valence-corrected chi connectivity index (χ0v) is 12.4. The van der Waals surface area contributed by atoms with Crippen molar-refractivity contribution < 1.29 is 0 Å². The number of para-hydroxylation sites is 1. The van der Waals surface area contributed by atoms with Crippen LogP contribution in [0.4, 0.5) is 5.82 Å². The molecular formula is C16H20ClN3. The number of aromatic nitrogens is 1. The number of alkyl halides is 1. The van der Waals surface area contributed by atoms with E-state index in [1.807, 2.05) is 6.07 Å². The fraction of sp³-hybridized carbons (Fsp3) is 0.438. The van der Waals surface area contributed by atoms with E-state index in [0.717, 1.165) is 44.1 Å². The van der Waals surface area contributed by atoms with Crippen molar-refractivity contribution in [3.8, 4) is 0 Å². The maximum Gasteiger partial charge on any atom is 0.129 e. The van der Waals surface area contributed by atoms with Gasteiger partial charge in [-0.3, -0.25) is 0 Å². The summed E-state index contributed by atoms with van der Waals surface area (Å²) in [6, 6.07) is 12.6. The minimum Gasteiger partial charge on any atom is -0.355 e. The molecule has 1 aromatic heterocycles. The molecule has 3 rings (SSSR count). The minimum absolute atomic E-state index is 0.716. The lowest BCUT2D eigenvalue weighted by Crippen LogP contribution is -2.32. The summed E-state index contributed by atoms with van der Waals surface area (Å²) in [6.45, 7) is 5.30. The molecule has 1 fully saturated rings. The van der Waals surface area contributed by atoms with E-state index in [0.29, 0.717) is 5.88 Å². The molecule has 106 valence electrons. The van der Waals surface area contributed by atoms with E-state index in [1.54, 1.807) is 0 Å². The molecule has 0 radical (unpaired) electrons. The zero-order chi connectivity index (χ0) is 13.8. The van der Waals surface area contributed by atoms with Crippen molar-refractivity contribution in [1.82, 2.24) is 9.88 Å². The van der Waals surface area contributed by atoms with E-state index in [9.17, 15) is 0 Å². The van der Waals surface area contributed by atoms with Gasteiger partial charge in [0.05, 0.1) is 5.52 Å². The number of anilines is 1. The molecule has 0 aliphatic carbocycles. The number of pyridine rings is 1. The third kappa shape index (κ3) is 3.05. The fourth-order valence-corrected chi connectivity index (χ4v) is 3.01. The van der Waals surface area contributed by atoms with Crippen LogP contribution >= 0.6 is 11.6 Å². The molecule has 0 bridgehead atoms. The Bertz CT molecular complexity index is 572. The predicted octanol–water partition coefficient (Wildman–Crippen LogP) is 2.99. The van der Waals surface area contributed by atoms with Gasteiger partial charge in [0.15, 0.2) is 0 Å². The molecular weight excluding hydrogens is 270 g/mol. The van der Waals surface area contributed by atoms with Crippen molar-refractivity contribution >= 4 is 28.3 Å². The van der Waals surface area contributed by atoms with Crippen molar-refractivity contribution in [2.45, 2.75) is 6.42 Å². The molecule has 0 unspecified atom stereocenters. The molecule has 1 saturated heterocycles. The predicted molar refractivity (Wildman–Crippen MR) is 85.7 cm³/mol. The number of hydrogen-bond acceptors (Lipinski definition) is 3. The largest absolute Gasteiger partial charge is 0.355 e. The monoisotopic (exact) mass is 289 g/mol. The summed E-state index contributed by atoms with van der Waals surface area (Å²) in [5.74, 6) is 1.81. The first-order valence-electron chi connectivity index (χ1n) is 7.26. The Labute approximate surface area is 125 Å². The Hall–Kier alpha value is -1.32. The molecule has 0 N–H and O–H groups in total. The van der Waals surface area contributed by atoms with Gasteiger partial charge in [-0.1, -0.05) is 18.2 Å². The lowest BCUT2D eigenvalue weighted by Gasteiger charge is -2.22. The van der Waals surface area contributed by atoms with Gasteiger partial charge in [0.2, 0.25) is 0 Å². The molecule has 0 amide bonds. The van der Waals surface area contributed by atoms with Gasteiger partial charge in [-0.2, -0.15) is 0 Å². The summed E-state index contributed by atoms with van der Waals surface area (Å²) in [5, 5.41) is 1.20. The van der Waals surface area contributed by atoms with Gasteiger partial charge >= 0.3 is 0 Å². The standard InChI is InChI=1S/C16H20ClN3/c17-8-11-19-9-3-10-20(13-12-19)16-7-6-14-4-1-2-5-15(14)18-16/h1-2,4-7H,3,8-13H2. The second-order valence-corrected chi connectivity index (χ2v) is 5.61. The molecule has 0 spiro atoms. The minimum atomic E-state index is 0.716. The Kier molecular flexibility index (Phi) is 4.38. The van der Waals surface area contributed by atoms with Crippen LogP contribution < -0.4 is 4.90 Å². The van der Waals surface area contributed by atoms with E-state index in [-0.39, 0.29) is 0 Å². The van der Waals surface area contributed by atoms with Gasteiger partial charge in [0, 0.05) is 37.4 Å². The van der Waals surface area contributed by atoms with E-state index in [2.05, 4.69) is 40.1 Å². The molecule has 0 saturated carbocycles. The molecule has 2 aromatic rings. The topological polar surface area (TPSA) is 19.4 Å². The van der Waals surface area contributed by atoms with Gasteiger partial charge in [0.25, 0.3) is 0 Å². The summed E-state index contributed by atoms with van der Waals surface area (Å²) in [5.41, 5.74) is 1.08. The summed E-state index contributed by atoms with van der Waals surface area (Å²) >= 11 is 5.84. The summed E-state index contributed by atoms with van der Waals surface area (Å²) in [4.78, 5) is 9.62. The summed E-state index contributed by atoms with van der Waals surface area (Å²) in [6.07, 6.45) is 1.17. The second kappa shape index (κ2) is 6.42. The average molecular weight is 290 g/mol. The van der Waals surface area contributed by atoms with Crippen molar-refractivity contribution in [3.05, 3.63) is 36.4 Å². The van der Waals surface area contributed by atoms with Gasteiger partial charge in [0.1, 0.15) is 5.82 Å². The van der Waals surface area contributed by atoms with Crippen molar-refractivity contribution in [2.24, 2.45) is 0 Å². The van der Waals surface area contributed by atoms with Crippen LogP contribution in [0.5, 0.6) is 0 Å². The van der Waals surface area contributed by atoms with Gasteiger partial charge in [-0.05, 0) is 31.2 Å². The molecule has 1 aromatic carbocycles. The number of fused-ring (bicyclic) bond motifs is 1. The van der Waals surface area contributed by atoms with Crippen LogP contribution in [0.1, 0.15) is 6.42 Å². The van der Waals surface area contributed by atoms with Gasteiger partial charge in [-0.25, -0.2) is 4.98 Å². The third-order valence-electron chi connectivity index (χ3n) is 3.90. The Morgan fingerprint density at radius 3 is 2.80 bits per heavy atom. The van der Waals surface area contributed by atoms with Crippen LogP contribution in [0.25, 0.3) is 10.9 Å². The quantitative estimate of drug-likeness (QED) is 0.810. The van der Waals surface area contributed by atoms with Crippen LogP contribution in [-0.2, 0) is 0 Å². The van der Waals surface area contributed by atoms with Crippen LogP contribution in [0, 0.1) is 0 Å². The highest BCUT2D eigenvalue weighted by Gasteiger charge is 2.15. The van der Waals surface area contributed by atoms with E-state index < -0.39 is 0 Å². The highest BCUT2D eigenvalue weighted by Crippen LogP contribution is 2.19. The maximum atomic E-state index is 5.84. The lowest BCUT2D eigenvalue weighted by atomic mass is 10.2. The number of benzene rings is 1. The highest BCUT2D eigenvalue weighted by atomic mass is 35.5. The van der Waals surface area contributed by atoms with E-state index in [1.165, 1.54) is 11.8 Å². The zero-order valence-electron chi connectivity index (χ0n) is 11.6. The smallest absolute Gasteiger partial charge is 0.129 e. The van der Waals surface area contributed by atoms with Crippen molar-refractivity contribution in [2.75, 3.05) is 43.5 Å². The maximum absolute atomic E-state index is 5.84. The SMILES string of the molecule is ClCCN1CCCN(c2ccc3ccccc3n2)CC1. The Morgan fingerprint density at radius 1 is 1.00 bits per heavy atom. The number of hydrogen-bond donors (Lipinski definition) is 0. The summed E-state index contributed by atoms with van der Waals surface area (Å²) < 4.78 is 0. The third-order valence-corrected chi connectivity index (χ3v) is 4.07. The van der Waals surface area contributed by atoms with E-state index >= 15 is 0 Å². The molecule has 1 aliphatic heterocycles. The normalized spacial score (nSPS) is 17.4. The molecule has 20 heavy (non-hydrogen) atoms. The Morgan fingerprint density at radius 2 is 1.90 bits per heavy atom. The van der Waals surface area contributed by atoms with Crippen molar-refractivity contribution in [3.63, 3.8) is 0 Å². The van der Waals surface area contributed by atoms with E-state index in [4.69, 9.17) is 16.6 Å². The molecule has 3 nitrogen and oxygen atoms in total. The van der Waals surface area contributed by atoms with Crippen LogP contribution in [-0.4, -0.2) is 48.5 Å². The first-order valence-corrected chi connectivity index (χ1v) is 7.79. The second-order valence-electron chi connectivity index (χ2n) is 5.23. The average Bonchev–Trinajstić information content (AvgIpc) is 2.73. The van der Waals surface area contributed by atoms with Crippen LogP contribution in [0.15, 0.2) is 36.4 Å². The van der Waals surface area contributed by atoms with Crippen molar-refractivity contribution in [1.29, 1.82) is 0 Å². The van der Waals surface area contributed by atoms with Crippen LogP contribution in [0.3, 0.4) is 0 Å². The number of rotatable bonds is 3. The van der Waals surface area contributed by atoms with Crippen LogP contribution in [0.2, 0.25) is 0 Å². The fourth-order valence-electron chi connectivity index (χ4n) is 2.77. The number of halogens is 1. The summed E-state index contributed by atoms with van der Waals surface area (Å²) in [7, 11) is 0. The highest BCUT2D eigenvalue weighted by molar-refractivity contribution is 6.18. The number of nitrogens with zero attached hydrogens (tertiary/aromatic N) is 3. The Balaban J connectivity index is 1.77.